The van der Waals surface area contributed by atoms with Gasteiger partial charge in [-0.15, -0.1) is 11.8 Å². The Morgan fingerprint density at radius 3 is 2.46 bits per heavy atom. The first-order valence-corrected chi connectivity index (χ1v) is 10.5. The Kier molecular flexibility index (Phi) is 6.46. The van der Waals surface area contributed by atoms with Crippen LogP contribution in [0, 0.1) is 17.2 Å². The van der Waals surface area contributed by atoms with Crippen LogP contribution in [0.3, 0.4) is 0 Å². The molecule has 1 aliphatic rings. The van der Waals surface area contributed by atoms with E-state index in [-0.39, 0.29) is 5.91 Å². The molecule has 1 unspecified atom stereocenters. The number of allylic oxidation sites excluding steroid dienone is 1. The number of nitrogens with zero attached hydrogens (tertiary/aromatic N) is 2. The lowest BCUT2D eigenvalue weighted by molar-refractivity contribution is -0.118. The van der Waals surface area contributed by atoms with Gasteiger partial charge in [0.1, 0.15) is 5.03 Å². The van der Waals surface area contributed by atoms with E-state index in [0.29, 0.717) is 32.0 Å². The van der Waals surface area contributed by atoms with Gasteiger partial charge in [0.15, 0.2) is 0 Å². The Balaban J connectivity index is 2.06. The van der Waals surface area contributed by atoms with E-state index in [1.54, 1.807) is 37.3 Å². The number of carbonyl (C=O) groups excluding carboxylic acids is 1. The fourth-order valence-corrected chi connectivity index (χ4v) is 4.27. The summed E-state index contributed by atoms with van der Waals surface area (Å²) >= 11 is 13.7. The molecule has 7 heteroatoms. The summed E-state index contributed by atoms with van der Waals surface area (Å²) in [5.41, 5.74) is 2.44. The maximum atomic E-state index is 13.2. The summed E-state index contributed by atoms with van der Waals surface area (Å²) in [6.07, 6.45) is 1.86. The summed E-state index contributed by atoms with van der Waals surface area (Å²) in [5.74, 6) is -1.41. The summed E-state index contributed by atoms with van der Waals surface area (Å²) in [6.45, 7) is 1.81. The third-order valence-electron chi connectivity index (χ3n) is 4.55. The van der Waals surface area contributed by atoms with E-state index in [1.807, 2.05) is 24.5 Å². The van der Waals surface area contributed by atoms with E-state index < -0.39 is 11.8 Å². The number of aliphatic imine (C=N–C) groups is 1. The van der Waals surface area contributed by atoms with Crippen LogP contribution in [-0.4, -0.2) is 17.9 Å². The van der Waals surface area contributed by atoms with Crippen LogP contribution in [0.5, 0.6) is 0 Å². The Bertz CT molecular complexity index is 1010. The number of anilines is 1. The highest BCUT2D eigenvalue weighted by Gasteiger charge is 2.40. The Hall–Kier alpha value is -2.26. The lowest BCUT2D eigenvalue weighted by Gasteiger charge is -2.31. The highest BCUT2D eigenvalue weighted by molar-refractivity contribution is 8.02. The molecule has 1 aliphatic heterocycles. The molecule has 2 aromatic carbocycles. The molecule has 4 nitrogen and oxygen atoms in total. The second kappa shape index (κ2) is 8.83. The summed E-state index contributed by atoms with van der Waals surface area (Å²) in [5, 5.41) is 14.5. The van der Waals surface area contributed by atoms with Gasteiger partial charge in [-0.25, -0.2) is 4.99 Å². The molecule has 1 heterocycles. The van der Waals surface area contributed by atoms with Crippen molar-refractivity contribution in [1.82, 2.24) is 0 Å². The third kappa shape index (κ3) is 4.10. The zero-order valence-corrected chi connectivity index (χ0v) is 17.6. The Morgan fingerprint density at radius 1 is 1.18 bits per heavy atom. The highest BCUT2D eigenvalue weighted by atomic mass is 35.5. The van der Waals surface area contributed by atoms with Crippen LogP contribution in [0.15, 0.2) is 64.1 Å². The zero-order valence-electron chi connectivity index (χ0n) is 15.2. The van der Waals surface area contributed by atoms with Crippen molar-refractivity contribution in [2.24, 2.45) is 10.9 Å². The van der Waals surface area contributed by atoms with Gasteiger partial charge >= 0.3 is 0 Å². The lowest BCUT2D eigenvalue weighted by atomic mass is 9.76. The average molecular weight is 430 g/mol. The minimum Gasteiger partial charge on any atom is -0.325 e. The smallest absolute Gasteiger partial charge is 0.234 e. The van der Waals surface area contributed by atoms with Crippen LogP contribution in [0.2, 0.25) is 10.0 Å². The number of benzene rings is 2. The van der Waals surface area contributed by atoms with Crippen molar-refractivity contribution in [3.63, 3.8) is 0 Å². The monoisotopic (exact) mass is 429 g/mol. The fourth-order valence-electron chi connectivity index (χ4n) is 3.26. The molecule has 0 spiro atoms. The molecule has 0 bridgehead atoms. The summed E-state index contributed by atoms with van der Waals surface area (Å²) < 4.78 is 0. The molecule has 0 aromatic heterocycles. The number of nitrogens with one attached hydrogen (secondary N) is 1. The molecule has 1 N–H and O–H groups in total. The van der Waals surface area contributed by atoms with Crippen LogP contribution in [0.1, 0.15) is 18.4 Å². The first-order chi connectivity index (χ1) is 13.5. The maximum absolute atomic E-state index is 13.2. The number of carbonyl (C=O) groups is 1. The molecule has 2 aromatic rings. The number of hydrogen-bond acceptors (Lipinski definition) is 4. The van der Waals surface area contributed by atoms with E-state index in [1.165, 1.54) is 11.8 Å². The van der Waals surface area contributed by atoms with Crippen molar-refractivity contribution in [3.05, 3.63) is 74.7 Å². The first kappa shape index (κ1) is 20.5. The van der Waals surface area contributed by atoms with Gasteiger partial charge in [0.25, 0.3) is 0 Å². The van der Waals surface area contributed by atoms with Crippen LogP contribution in [0.4, 0.5) is 5.69 Å². The zero-order chi connectivity index (χ0) is 20.3. The minimum atomic E-state index is -0.652. The molecule has 0 saturated carbocycles. The van der Waals surface area contributed by atoms with Gasteiger partial charge in [0.2, 0.25) is 5.91 Å². The molecule has 3 rings (SSSR count). The second-order valence-corrected chi connectivity index (χ2v) is 7.90. The number of rotatable bonds is 4. The third-order valence-corrected chi connectivity index (χ3v) is 5.85. The molecule has 2 atom stereocenters. The predicted molar refractivity (Wildman–Crippen MR) is 117 cm³/mol. The number of nitriles is 1. The predicted octanol–water partition coefficient (Wildman–Crippen LogP) is 5.90. The van der Waals surface area contributed by atoms with E-state index in [9.17, 15) is 10.1 Å². The Morgan fingerprint density at radius 2 is 1.86 bits per heavy atom. The van der Waals surface area contributed by atoms with Gasteiger partial charge in [-0.1, -0.05) is 41.4 Å². The van der Waals surface area contributed by atoms with Gasteiger partial charge < -0.3 is 5.32 Å². The standard InChI is InChI=1S/C21H17Cl2N3OS/c1-12-18(20(27)26-14-9-7-13(22)8-10-14)19(15-5-3-4-6-17(15)23)16(11-24)21(25-12)28-2/h3-10,18-19H,1-2H3,(H,26,27)/t18?,19-/m0/s1. The van der Waals surface area contributed by atoms with E-state index in [4.69, 9.17) is 23.2 Å². The quantitative estimate of drug-likeness (QED) is 0.656. The van der Waals surface area contributed by atoms with Crippen LogP contribution in [-0.2, 0) is 4.79 Å². The van der Waals surface area contributed by atoms with Crippen molar-refractivity contribution in [1.29, 1.82) is 5.26 Å². The normalized spacial score (nSPS) is 19.0. The van der Waals surface area contributed by atoms with E-state index >= 15 is 0 Å². The summed E-state index contributed by atoms with van der Waals surface area (Å²) in [7, 11) is 0. The number of halogens is 2. The molecule has 0 saturated heterocycles. The van der Waals surface area contributed by atoms with Gasteiger partial charge in [0.05, 0.1) is 17.6 Å². The Labute approximate surface area is 178 Å². The molecule has 142 valence electrons. The topological polar surface area (TPSA) is 65.2 Å². The summed E-state index contributed by atoms with van der Waals surface area (Å²) in [6, 6.07) is 16.4. The van der Waals surface area contributed by atoms with E-state index in [2.05, 4.69) is 16.4 Å². The van der Waals surface area contributed by atoms with E-state index in [0.717, 1.165) is 5.56 Å². The highest BCUT2D eigenvalue weighted by Crippen LogP contribution is 2.43. The van der Waals surface area contributed by atoms with Crippen molar-refractivity contribution in [2.75, 3.05) is 11.6 Å². The molecule has 0 radical (unpaired) electrons. The largest absolute Gasteiger partial charge is 0.325 e. The molecule has 28 heavy (non-hydrogen) atoms. The lowest BCUT2D eigenvalue weighted by Crippen LogP contribution is -2.36. The number of thioether (sulfide) groups is 1. The van der Waals surface area contributed by atoms with Gasteiger partial charge in [0, 0.05) is 27.4 Å². The maximum Gasteiger partial charge on any atom is 0.234 e. The minimum absolute atomic E-state index is 0.249. The molecular weight excluding hydrogens is 413 g/mol. The fraction of sp³-hybridized carbons (Fsp3) is 0.190. The van der Waals surface area contributed by atoms with Crippen LogP contribution < -0.4 is 5.32 Å². The van der Waals surface area contributed by atoms with Gasteiger partial charge in [-0.2, -0.15) is 5.26 Å². The number of amides is 1. The number of hydrogen-bond donors (Lipinski definition) is 1. The molecular formula is C21H17Cl2N3OS. The molecule has 0 fully saturated rings. The van der Waals surface area contributed by atoms with Crippen molar-refractivity contribution < 1.29 is 4.79 Å². The van der Waals surface area contributed by atoms with Crippen molar-refractivity contribution in [2.45, 2.75) is 12.8 Å². The average Bonchev–Trinajstić information content (AvgIpc) is 2.69. The molecule has 0 aliphatic carbocycles. The van der Waals surface area contributed by atoms with Crippen LogP contribution >= 0.6 is 35.0 Å². The molecule has 1 amide bonds. The first-order valence-electron chi connectivity index (χ1n) is 8.50. The van der Waals surface area contributed by atoms with Crippen LogP contribution in [0.25, 0.3) is 0 Å². The van der Waals surface area contributed by atoms with Gasteiger partial charge in [-0.3, -0.25) is 4.79 Å². The second-order valence-electron chi connectivity index (χ2n) is 6.26. The summed E-state index contributed by atoms with van der Waals surface area (Å²) in [4.78, 5) is 17.7. The van der Waals surface area contributed by atoms with Gasteiger partial charge in [-0.05, 0) is 49.1 Å². The SMILES string of the molecule is CSC1=C(C#N)[C@H](c2ccccc2Cl)C(C(=O)Nc2ccc(Cl)cc2)C(C)=N1. The van der Waals surface area contributed by atoms with Crippen molar-refractivity contribution in [3.8, 4) is 6.07 Å². The van der Waals surface area contributed by atoms with Crippen molar-refractivity contribution >= 4 is 52.3 Å².